The van der Waals surface area contributed by atoms with Crippen molar-refractivity contribution < 1.29 is 14.7 Å². The molecule has 0 heterocycles. The van der Waals surface area contributed by atoms with Crippen molar-refractivity contribution in [1.82, 2.24) is 10.2 Å². The smallest absolute Gasteiger partial charge is 0.240 e. The zero-order valence-electron chi connectivity index (χ0n) is 11.1. The van der Waals surface area contributed by atoms with Gasteiger partial charge in [-0.2, -0.15) is 0 Å². The molecule has 2 rings (SSSR count). The van der Waals surface area contributed by atoms with Gasteiger partial charge in [0.25, 0.3) is 0 Å². The van der Waals surface area contributed by atoms with Crippen molar-refractivity contribution in [2.24, 2.45) is 0 Å². The van der Waals surface area contributed by atoms with Crippen LogP contribution in [0.25, 0.3) is 0 Å². The van der Waals surface area contributed by atoms with Crippen molar-refractivity contribution in [1.29, 1.82) is 0 Å². The van der Waals surface area contributed by atoms with Crippen molar-refractivity contribution in [3.8, 4) is 0 Å². The molecule has 1 aliphatic carbocycles. The topological polar surface area (TPSA) is 69.6 Å². The second kappa shape index (κ2) is 5.40. The van der Waals surface area contributed by atoms with Crippen LogP contribution in [0, 0.1) is 0 Å². The number of fused-ring (bicyclic) bond motifs is 1. The predicted molar refractivity (Wildman–Crippen MR) is 70.3 cm³/mol. The van der Waals surface area contributed by atoms with E-state index in [4.69, 9.17) is 0 Å². The van der Waals surface area contributed by atoms with Crippen LogP contribution in [0.5, 0.6) is 0 Å². The molecule has 0 saturated heterocycles. The molecule has 102 valence electrons. The van der Waals surface area contributed by atoms with E-state index >= 15 is 0 Å². The number of hydrogen-bond acceptors (Lipinski definition) is 3. The van der Waals surface area contributed by atoms with Gasteiger partial charge in [-0.15, -0.1) is 0 Å². The monoisotopic (exact) mass is 262 g/mol. The van der Waals surface area contributed by atoms with Crippen molar-refractivity contribution in [3.63, 3.8) is 0 Å². The van der Waals surface area contributed by atoms with E-state index in [0.717, 1.165) is 11.1 Å². The highest BCUT2D eigenvalue weighted by molar-refractivity contribution is 5.84. The molecule has 19 heavy (non-hydrogen) atoms. The van der Waals surface area contributed by atoms with Crippen LogP contribution >= 0.6 is 0 Å². The number of nitrogens with zero attached hydrogens (tertiary/aromatic N) is 1. The molecule has 0 spiro atoms. The molecule has 0 aliphatic heterocycles. The van der Waals surface area contributed by atoms with Gasteiger partial charge in [0, 0.05) is 20.4 Å². The molecule has 2 unspecified atom stereocenters. The van der Waals surface area contributed by atoms with Gasteiger partial charge in [-0.05, 0) is 11.1 Å². The lowest BCUT2D eigenvalue weighted by Crippen LogP contribution is -2.41. The Morgan fingerprint density at radius 1 is 1.42 bits per heavy atom. The summed E-state index contributed by atoms with van der Waals surface area (Å²) < 4.78 is 0. The first-order valence-corrected chi connectivity index (χ1v) is 6.26. The number of carbonyl (C=O) groups is 2. The summed E-state index contributed by atoms with van der Waals surface area (Å²) in [6.07, 6.45) is -0.0621. The van der Waals surface area contributed by atoms with Crippen molar-refractivity contribution in [2.45, 2.75) is 25.5 Å². The van der Waals surface area contributed by atoms with E-state index in [2.05, 4.69) is 5.32 Å². The van der Waals surface area contributed by atoms with E-state index in [1.807, 2.05) is 24.3 Å². The molecule has 1 aromatic carbocycles. The molecule has 0 bridgehead atoms. The van der Waals surface area contributed by atoms with Crippen molar-refractivity contribution >= 4 is 11.8 Å². The first-order valence-electron chi connectivity index (χ1n) is 6.26. The Morgan fingerprint density at radius 2 is 2.11 bits per heavy atom. The summed E-state index contributed by atoms with van der Waals surface area (Å²) in [7, 11) is 1.57. The lowest BCUT2D eigenvalue weighted by molar-refractivity contribution is -0.133. The van der Waals surface area contributed by atoms with E-state index in [1.165, 1.54) is 11.8 Å². The van der Waals surface area contributed by atoms with Crippen LogP contribution < -0.4 is 5.32 Å². The summed E-state index contributed by atoms with van der Waals surface area (Å²) >= 11 is 0. The fourth-order valence-electron chi connectivity index (χ4n) is 2.29. The van der Waals surface area contributed by atoms with E-state index in [0.29, 0.717) is 6.42 Å². The first kappa shape index (κ1) is 13.5. The largest absolute Gasteiger partial charge is 0.390 e. The lowest BCUT2D eigenvalue weighted by atomic mass is 10.1. The van der Waals surface area contributed by atoms with Gasteiger partial charge in [-0.25, -0.2) is 0 Å². The van der Waals surface area contributed by atoms with E-state index in [1.54, 1.807) is 7.05 Å². The number of aliphatic hydroxyl groups excluding tert-OH is 1. The summed E-state index contributed by atoms with van der Waals surface area (Å²) in [5, 5.41) is 12.8. The molecule has 2 amide bonds. The maximum Gasteiger partial charge on any atom is 0.240 e. The van der Waals surface area contributed by atoms with Crippen LogP contribution in [0.1, 0.15) is 24.1 Å². The van der Waals surface area contributed by atoms with Crippen LogP contribution in [-0.2, 0) is 16.0 Å². The van der Waals surface area contributed by atoms with Crippen LogP contribution in [-0.4, -0.2) is 41.5 Å². The van der Waals surface area contributed by atoms with Gasteiger partial charge in [0.1, 0.15) is 0 Å². The third-order valence-corrected chi connectivity index (χ3v) is 3.44. The lowest BCUT2D eigenvalue weighted by Gasteiger charge is -2.20. The van der Waals surface area contributed by atoms with Crippen LogP contribution in [0.2, 0.25) is 0 Å². The standard InChI is InChI=1S/C14H18N2O3/c1-9(17)16(2)8-13(19)15-14-11-6-4-3-5-10(11)7-12(14)18/h3-6,12,14,18H,7-8H2,1-2H3,(H,15,19). The Morgan fingerprint density at radius 3 is 2.79 bits per heavy atom. The van der Waals surface area contributed by atoms with E-state index < -0.39 is 6.10 Å². The maximum atomic E-state index is 11.9. The third-order valence-electron chi connectivity index (χ3n) is 3.44. The average molecular weight is 262 g/mol. The highest BCUT2D eigenvalue weighted by Crippen LogP contribution is 2.30. The molecule has 1 aromatic rings. The highest BCUT2D eigenvalue weighted by Gasteiger charge is 2.31. The van der Waals surface area contributed by atoms with E-state index in [9.17, 15) is 14.7 Å². The number of carbonyl (C=O) groups excluding carboxylic acids is 2. The normalized spacial score (nSPS) is 20.8. The van der Waals surface area contributed by atoms with E-state index in [-0.39, 0.29) is 24.4 Å². The van der Waals surface area contributed by atoms with Crippen molar-refractivity contribution in [3.05, 3.63) is 35.4 Å². The molecule has 0 fully saturated rings. The number of rotatable bonds is 3. The zero-order chi connectivity index (χ0) is 14.0. The Balaban J connectivity index is 2.03. The van der Waals surface area contributed by atoms with Gasteiger partial charge in [0.2, 0.25) is 11.8 Å². The number of likely N-dealkylation sites (N-methyl/N-ethyl adjacent to an activating group) is 1. The summed E-state index contributed by atoms with van der Waals surface area (Å²) in [4.78, 5) is 24.3. The second-order valence-corrected chi connectivity index (χ2v) is 4.89. The molecule has 2 atom stereocenters. The molecule has 0 radical (unpaired) electrons. The minimum absolute atomic E-state index is 0.000715. The van der Waals surface area contributed by atoms with Crippen LogP contribution in [0.15, 0.2) is 24.3 Å². The minimum Gasteiger partial charge on any atom is -0.390 e. The van der Waals surface area contributed by atoms with Crippen LogP contribution in [0.3, 0.4) is 0 Å². The van der Waals surface area contributed by atoms with Gasteiger partial charge in [-0.1, -0.05) is 24.3 Å². The quantitative estimate of drug-likeness (QED) is 0.820. The molecule has 5 nitrogen and oxygen atoms in total. The molecule has 0 aromatic heterocycles. The minimum atomic E-state index is -0.607. The van der Waals surface area contributed by atoms with Gasteiger partial charge in [0.15, 0.2) is 0 Å². The summed E-state index contributed by atoms with van der Waals surface area (Å²) in [6.45, 7) is 1.41. The second-order valence-electron chi connectivity index (χ2n) is 4.89. The van der Waals surface area contributed by atoms with Crippen LogP contribution in [0.4, 0.5) is 0 Å². The van der Waals surface area contributed by atoms with Gasteiger partial charge >= 0.3 is 0 Å². The van der Waals surface area contributed by atoms with Gasteiger partial charge < -0.3 is 15.3 Å². The fourth-order valence-corrected chi connectivity index (χ4v) is 2.29. The Hall–Kier alpha value is -1.88. The molecular weight excluding hydrogens is 244 g/mol. The Kier molecular flexibility index (Phi) is 3.85. The Labute approximate surface area is 112 Å². The molecule has 5 heteroatoms. The molecule has 0 saturated carbocycles. The average Bonchev–Trinajstić information content (AvgIpc) is 2.66. The number of hydrogen-bond donors (Lipinski definition) is 2. The van der Waals surface area contributed by atoms with Gasteiger partial charge in [0.05, 0.1) is 18.7 Å². The number of aliphatic hydroxyl groups is 1. The fraction of sp³-hybridized carbons (Fsp3) is 0.429. The van der Waals surface area contributed by atoms with Crippen molar-refractivity contribution in [2.75, 3.05) is 13.6 Å². The summed E-state index contributed by atoms with van der Waals surface area (Å²) in [5.41, 5.74) is 2.01. The molecule has 1 aliphatic rings. The first-order chi connectivity index (χ1) is 8.99. The SMILES string of the molecule is CC(=O)N(C)CC(=O)NC1c2ccccc2CC1O. The zero-order valence-corrected chi connectivity index (χ0v) is 11.1. The molecule has 2 N–H and O–H groups in total. The van der Waals surface area contributed by atoms with Gasteiger partial charge in [-0.3, -0.25) is 9.59 Å². The number of benzene rings is 1. The maximum absolute atomic E-state index is 11.9. The third kappa shape index (κ3) is 2.93. The number of nitrogens with one attached hydrogen (secondary N) is 1. The number of amides is 2. The highest BCUT2D eigenvalue weighted by atomic mass is 16.3. The molecular formula is C14H18N2O3. The Bertz CT molecular complexity index is 501. The predicted octanol–water partition coefficient (Wildman–Crippen LogP) is 0.239. The summed E-state index contributed by atoms with van der Waals surface area (Å²) in [6, 6.07) is 7.28. The summed E-state index contributed by atoms with van der Waals surface area (Å²) in [5.74, 6) is -0.430.